The number of benzene rings is 2. The predicted octanol–water partition coefficient (Wildman–Crippen LogP) is 3.18. The number of carbonyl (C=O) groups is 1. The van der Waals surface area contributed by atoms with E-state index in [4.69, 9.17) is 11.6 Å². The van der Waals surface area contributed by atoms with E-state index in [0.717, 1.165) is 11.0 Å². The number of amides is 1. The molecular weight excluding hydrogens is 357 g/mol. The lowest BCUT2D eigenvalue weighted by atomic mass is 10.2. The molecule has 0 fully saturated rings. The van der Waals surface area contributed by atoms with E-state index in [9.17, 15) is 14.0 Å². The van der Waals surface area contributed by atoms with Gasteiger partial charge in [0.1, 0.15) is 5.82 Å². The molecule has 1 amide bonds. The van der Waals surface area contributed by atoms with E-state index in [-0.39, 0.29) is 41.7 Å². The van der Waals surface area contributed by atoms with Gasteiger partial charge < -0.3 is 4.90 Å². The fourth-order valence-corrected chi connectivity index (χ4v) is 3.21. The van der Waals surface area contributed by atoms with Crippen LogP contribution in [0.25, 0.3) is 11.0 Å². The summed E-state index contributed by atoms with van der Waals surface area (Å²) in [4.78, 5) is 26.2. The molecule has 3 rings (SSSR count). The van der Waals surface area contributed by atoms with Gasteiger partial charge in [-0.15, -0.1) is 0 Å². The zero-order valence-electron chi connectivity index (χ0n) is 14.6. The van der Waals surface area contributed by atoms with Crippen LogP contribution in [0, 0.1) is 5.82 Å². The van der Waals surface area contributed by atoms with Crippen LogP contribution in [0.2, 0.25) is 5.02 Å². The molecule has 0 N–H and O–H groups in total. The molecule has 0 saturated carbocycles. The Kier molecular flexibility index (Phi) is 5.13. The van der Waals surface area contributed by atoms with Crippen LogP contribution in [0.5, 0.6) is 0 Å². The van der Waals surface area contributed by atoms with Gasteiger partial charge in [-0.05, 0) is 24.3 Å². The minimum absolute atomic E-state index is 0.0782. The quantitative estimate of drug-likeness (QED) is 0.687. The molecule has 0 aliphatic carbocycles. The van der Waals surface area contributed by atoms with Crippen LogP contribution in [0.3, 0.4) is 0 Å². The summed E-state index contributed by atoms with van der Waals surface area (Å²) in [7, 11) is 3.30. The van der Waals surface area contributed by atoms with Crippen molar-refractivity contribution in [3.8, 4) is 0 Å². The summed E-state index contributed by atoms with van der Waals surface area (Å²) < 4.78 is 17.0. The van der Waals surface area contributed by atoms with E-state index >= 15 is 0 Å². The Morgan fingerprint density at radius 2 is 1.85 bits per heavy atom. The Bertz CT molecular complexity index is 1010. The number of hydrogen-bond acceptors (Lipinski definition) is 2. The standard InChI is InChI=1S/C19H19ClFN3O2/c1-22(12-13-14(20)6-5-7-15(13)21)18(25)10-11-24-17-9-4-3-8-16(17)23(2)19(24)26/h3-9H,10-12H2,1-2H3. The molecule has 5 nitrogen and oxygen atoms in total. The number of carbonyl (C=O) groups excluding carboxylic acids is 1. The van der Waals surface area contributed by atoms with Gasteiger partial charge in [0.15, 0.2) is 0 Å². The summed E-state index contributed by atoms with van der Waals surface area (Å²) in [5.74, 6) is -0.633. The highest BCUT2D eigenvalue weighted by atomic mass is 35.5. The third-order valence-electron chi connectivity index (χ3n) is 4.48. The monoisotopic (exact) mass is 375 g/mol. The molecule has 136 valence electrons. The normalized spacial score (nSPS) is 11.1. The van der Waals surface area contributed by atoms with Crippen molar-refractivity contribution in [2.24, 2.45) is 7.05 Å². The summed E-state index contributed by atoms with van der Waals surface area (Å²) in [6, 6.07) is 11.9. The molecule has 1 heterocycles. The lowest BCUT2D eigenvalue weighted by Crippen LogP contribution is -2.29. The maximum Gasteiger partial charge on any atom is 0.328 e. The largest absolute Gasteiger partial charge is 0.341 e. The Morgan fingerprint density at radius 3 is 2.54 bits per heavy atom. The number of para-hydroxylation sites is 2. The Morgan fingerprint density at radius 1 is 1.15 bits per heavy atom. The molecule has 0 unspecified atom stereocenters. The molecule has 0 aliphatic rings. The van der Waals surface area contributed by atoms with Crippen LogP contribution in [0.4, 0.5) is 4.39 Å². The Balaban J connectivity index is 1.73. The molecule has 26 heavy (non-hydrogen) atoms. The summed E-state index contributed by atoms with van der Waals surface area (Å²) in [5.41, 5.74) is 1.72. The number of nitrogens with zero attached hydrogens (tertiary/aromatic N) is 3. The first-order valence-electron chi connectivity index (χ1n) is 8.21. The molecule has 3 aromatic rings. The van der Waals surface area contributed by atoms with Gasteiger partial charge in [0.2, 0.25) is 5.91 Å². The summed E-state index contributed by atoms with van der Waals surface area (Å²) in [6.07, 6.45) is 0.135. The topological polar surface area (TPSA) is 47.2 Å². The van der Waals surface area contributed by atoms with Crippen LogP contribution in [-0.4, -0.2) is 27.0 Å². The fourth-order valence-electron chi connectivity index (χ4n) is 2.99. The fraction of sp³-hybridized carbons (Fsp3) is 0.263. The molecule has 1 aromatic heterocycles. The number of rotatable bonds is 5. The van der Waals surface area contributed by atoms with Gasteiger partial charge in [0.25, 0.3) is 0 Å². The zero-order valence-corrected chi connectivity index (χ0v) is 15.3. The van der Waals surface area contributed by atoms with E-state index in [1.54, 1.807) is 29.3 Å². The van der Waals surface area contributed by atoms with Crippen LogP contribution < -0.4 is 5.69 Å². The van der Waals surface area contributed by atoms with E-state index in [1.807, 2.05) is 24.3 Å². The average molecular weight is 376 g/mol. The molecule has 2 aromatic carbocycles. The van der Waals surface area contributed by atoms with Crippen molar-refractivity contribution in [3.63, 3.8) is 0 Å². The third kappa shape index (κ3) is 3.37. The molecular formula is C19H19ClFN3O2. The lowest BCUT2D eigenvalue weighted by Gasteiger charge is -2.18. The van der Waals surface area contributed by atoms with Gasteiger partial charge >= 0.3 is 5.69 Å². The van der Waals surface area contributed by atoms with Crippen molar-refractivity contribution in [2.45, 2.75) is 19.5 Å². The van der Waals surface area contributed by atoms with Gasteiger partial charge in [-0.1, -0.05) is 29.8 Å². The first-order chi connectivity index (χ1) is 12.4. The van der Waals surface area contributed by atoms with Gasteiger partial charge in [-0.2, -0.15) is 0 Å². The van der Waals surface area contributed by atoms with E-state index in [1.165, 1.54) is 17.0 Å². The van der Waals surface area contributed by atoms with Gasteiger partial charge in [-0.3, -0.25) is 13.9 Å². The molecule has 0 saturated heterocycles. The van der Waals surface area contributed by atoms with Gasteiger partial charge in [-0.25, -0.2) is 9.18 Å². The number of fused-ring (bicyclic) bond motifs is 1. The predicted molar refractivity (Wildman–Crippen MR) is 99.7 cm³/mol. The second kappa shape index (κ2) is 7.33. The first-order valence-corrected chi connectivity index (χ1v) is 8.59. The molecule has 0 aliphatic heterocycles. The average Bonchev–Trinajstić information content (AvgIpc) is 2.87. The van der Waals surface area contributed by atoms with Gasteiger partial charge in [0, 0.05) is 44.2 Å². The molecule has 0 bridgehead atoms. The number of aromatic nitrogens is 2. The minimum Gasteiger partial charge on any atom is -0.341 e. The maximum absolute atomic E-state index is 13.9. The van der Waals surface area contributed by atoms with Crippen molar-refractivity contribution in [3.05, 3.63) is 69.4 Å². The van der Waals surface area contributed by atoms with Crippen molar-refractivity contribution in [1.82, 2.24) is 14.0 Å². The van der Waals surface area contributed by atoms with Crippen molar-refractivity contribution in [2.75, 3.05) is 7.05 Å². The highest BCUT2D eigenvalue weighted by Crippen LogP contribution is 2.20. The van der Waals surface area contributed by atoms with Crippen molar-refractivity contribution < 1.29 is 9.18 Å². The molecule has 0 spiro atoms. The highest BCUT2D eigenvalue weighted by molar-refractivity contribution is 6.31. The van der Waals surface area contributed by atoms with Crippen molar-refractivity contribution in [1.29, 1.82) is 0 Å². The highest BCUT2D eigenvalue weighted by Gasteiger charge is 2.16. The zero-order chi connectivity index (χ0) is 18.8. The molecule has 7 heteroatoms. The maximum atomic E-state index is 13.9. The Hall–Kier alpha value is -2.60. The Labute approximate surface area is 155 Å². The summed E-state index contributed by atoms with van der Waals surface area (Å²) in [6.45, 7) is 0.336. The van der Waals surface area contributed by atoms with Crippen LogP contribution >= 0.6 is 11.6 Å². The summed E-state index contributed by atoms with van der Waals surface area (Å²) in [5, 5.41) is 0.287. The van der Waals surface area contributed by atoms with Crippen LogP contribution in [-0.2, 0) is 24.9 Å². The van der Waals surface area contributed by atoms with Gasteiger partial charge in [0.05, 0.1) is 11.0 Å². The van der Waals surface area contributed by atoms with Crippen molar-refractivity contribution >= 4 is 28.5 Å². The number of halogens is 2. The van der Waals surface area contributed by atoms with Crippen LogP contribution in [0.15, 0.2) is 47.3 Å². The van der Waals surface area contributed by atoms with E-state index < -0.39 is 5.82 Å². The van der Waals surface area contributed by atoms with E-state index in [0.29, 0.717) is 0 Å². The number of hydrogen-bond donors (Lipinski definition) is 0. The lowest BCUT2D eigenvalue weighted by molar-refractivity contribution is -0.130. The summed E-state index contributed by atoms with van der Waals surface area (Å²) >= 11 is 6.01. The second-order valence-electron chi connectivity index (χ2n) is 6.18. The third-order valence-corrected chi connectivity index (χ3v) is 4.84. The first kappa shape index (κ1) is 18.2. The molecule has 0 radical (unpaired) electrons. The van der Waals surface area contributed by atoms with E-state index in [2.05, 4.69) is 0 Å². The molecule has 0 atom stereocenters. The SMILES string of the molecule is CN(Cc1c(F)cccc1Cl)C(=O)CCn1c(=O)n(C)c2ccccc21. The minimum atomic E-state index is -0.442. The van der Waals surface area contributed by atoms with Crippen LogP contribution in [0.1, 0.15) is 12.0 Å². The second-order valence-corrected chi connectivity index (χ2v) is 6.59. The smallest absolute Gasteiger partial charge is 0.328 e. The number of imidazole rings is 1. The number of aryl methyl sites for hydroxylation is 2.